The van der Waals surface area contributed by atoms with Gasteiger partial charge in [-0.2, -0.15) is 0 Å². The lowest BCUT2D eigenvalue weighted by atomic mass is 9.52. The van der Waals surface area contributed by atoms with Crippen molar-refractivity contribution in [2.75, 3.05) is 26.2 Å². The predicted octanol–water partition coefficient (Wildman–Crippen LogP) is 4.25. The van der Waals surface area contributed by atoms with Gasteiger partial charge >= 0.3 is 0 Å². The van der Waals surface area contributed by atoms with Gasteiger partial charge in [0, 0.05) is 37.3 Å². The molecule has 4 aliphatic carbocycles. The zero-order chi connectivity index (χ0) is 22.6. The van der Waals surface area contributed by atoms with Crippen LogP contribution in [-0.4, -0.2) is 55.8 Å². The molecule has 4 saturated carbocycles. The van der Waals surface area contributed by atoms with E-state index in [4.69, 9.17) is 0 Å². The highest BCUT2D eigenvalue weighted by Crippen LogP contribution is 2.57. The smallest absolute Gasteiger partial charge is 0.253 e. The van der Waals surface area contributed by atoms with Crippen molar-refractivity contribution < 1.29 is 13.2 Å². The minimum atomic E-state index is -3.57. The van der Waals surface area contributed by atoms with Gasteiger partial charge < -0.3 is 4.90 Å². The normalized spacial score (nSPS) is 31.6. The second kappa shape index (κ2) is 7.95. The van der Waals surface area contributed by atoms with Crippen LogP contribution in [0, 0.1) is 17.8 Å². The first-order valence-electron chi connectivity index (χ1n) is 12.4. The Bertz CT molecular complexity index is 1100. The van der Waals surface area contributed by atoms with Crippen molar-refractivity contribution in [3.8, 4) is 0 Å². The number of piperazine rings is 1. The van der Waals surface area contributed by atoms with Crippen LogP contribution in [0.3, 0.4) is 0 Å². The van der Waals surface area contributed by atoms with Crippen molar-refractivity contribution in [3.63, 3.8) is 0 Å². The van der Waals surface area contributed by atoms with Gasteiger partial charge in [0.1, 0.15) is 0 Å². The van der Waals surface area contributed by atoms with E-state index < -0.39 is 9.84 Å². The molecule has 0 atom stereocenters. The summed E-state index contributed by atoms with van der Waals surface area (Å²) in [4.78, 5) is 18.3. The summed E-state index contributed by atoms with van der Waals surface area (Å²) in [5.74, 6) is 2.80. The Balaban J connectivity index is 1.12. The van der Waals surface area contributed by atoms with Crippen molar-refractivity contribution in [3.05, 3.63) is 60.2 Å². The summed E-state index contributed by atoms with van der Waals surface area (Å²) in [6, 6.07) is 14.8. The third kappa shape index (κ3) is 3.71. The molecule has 1 aliphatic heterocycles. The summed E-state index contributed by atoms with van der Waals surface area (Å²) in [6.07, 6.45) is 8.45. The number of amides is 1. The van der Waals surface area contributed by atoms with Crippen molar-refractivity contribution >= 4 is 15.7 Å². The van der Waals surface area contributed by atoms with Crippen LogP contribution >= 0.6 is 0 Å². The number of hydrogen-bond acceptors (Lipinski definition) is 4. The summed E-state index contributed by atoms with van der Waals surface area (Å²) in [5.41, 5.74) is 0.961. The number of nitrogens with zero attached hydrogens (tertiary/aromatic N) is 2. The fourth-order valence-corrected chi connectivity index (χ4v) is 8.81. The molecule has 1 saturated heterocycles. The first-order chi connectivity index (χ1) is 15.9. The fraction of sp³-hybridized carbons (Fsp3) is 0.519. The molecule has 1 heterocycles. The van der Waals surface area contributed by atoms with E-state index in [-0.39, 0.29) is 15.7 Å². The number of benzene rings is 2. The summed E-state index contributed by atoms with van der Waals surface area (Å²) >= 11 is 0. The van der Waals surface area contributed by atoms with E-state index in [2.05, 4.69) is 4.90 Å². The van der Waals surface area contributed by atoms with E-state index in [1.54, 1.807) is 54.6 Å². The Labute approximate surface area is 196 Å². The van der Waals surface area contributed by atoms with Crippen LogP contribution < -0.4 is 0 Å². The minimum Gasteiger partial charge on any atom is -0.336 e. The first-order valence-corrected chi connectivity index (χ1v) is 13.9. The van der Waals surface area contributed by atoms with Crippen molar-refractivity contribution in [2.24, 2.45) is 17.8 Å². The molecule has 5 aliphatic rings. The van der Waals surface area contributed by atoms with Crippen molar-refractivity contribution in [1.29, 1.82) is 0 Å². The Kier molecular flexibility index (Phi) is 5.15. The molecule has 174 valence electrons. The quantitative estimate of drug-likeness (QED) is 0.679. The molecule has 0 aromatic heterocycles. The van der Waals surface area contributed by atoms with E-state index >= 15 is 0 Å². The van der Waals surface area contributed by atoms with E-state index in [9.17, 15) is 13.2 Å². The van der Waals surface area contributed by atoms with Gasteiger partial charge in [0.05, 0.1) is 9.79 Å². The molecule has 0 N–H and O–H groups in total. The van der Waals surface area contributed by atoms with Crippen LogP contribution in [0.5, 0.6) is 0 Å². The van der Waals surface area contributed by atoms with Gasteiger partial charge in [-0.1, -0.05) is 18.2 Å². The summed E-state index contributed by atoms with van der Waals surface area (Å²) < 4.78 is 25.6. The van der Waals surface area contributed by atoms with Gasteiger partial charge in [0.25, 0.3) is 5.91 Å². The average molecular weight is 465 g/mol. The lowest BCUT2D eigenvalue weighted by Gasteiger charge is -2.61. The van der Waals surface area contributed by atoms with E-state index in [0.29, 0.717) is 11.1 Å². The van der Waals surface area contributed by atoms with Crippen LogP contribution in [0.1, 0.15) is 48.9 Å². The Hall–Kier alpha value is -2.18. The maximum Gasteiger partial charge on any atom is 0.253 e. The highest BCUT2D eigenvalue weighted by molar-refractivity contribution is 7.91. The molecule has 7 rings (SSSR count). The van der Waals surface area contributed by atoms with Crippen molar-refractivity contribution in [1.82, 2.24) is 9.80 Å². The zero-order valence-corrected chi connectivity index (χ0v) is 19.8. The molecular weight excluding hydrogens is 432 g/mol. The minimum absolute atomic E-state index is 0.00354. The molecule has 4 bridgehead atoms. The fourth-order valence-electron chi connectivity index (χ4n) is 7.53. The van der Waals surface area contributed by atoms with Crippen LogP contribution in [0.4, 0.5) is 0 Å². The van der Waals surface area contributed by atoms with E-state index in [1.165, 1.54) is 38.5 Å². The predicted molar refractivity (Wildman–Crippen MR) is 127 cm³/mol. The number of carbonyl (C=O) groups excluding carboxylic acids is 1. The molecule has 6 heteroatoms. The van der Waals surface area contributed by atoms with Gasteiger partial charge in [-0.15, -0.1) is 0 Å². The second-order valence-electron chi connectivity index (χ2n) is 10.8. The molecule has 1 amide bonds. The molecule has 0 unspecified atom stereocenters. The lowest BCUT2D eigenvalue weighted by Crippen LogP contribution is -2.64. The molecule has 2 aromatic carbocycles. The summed E-state index contributed by atoms with van der Waals surface area (Å²) in [5, 5.41) is 0. The molecule has 5 fully saturated rings. The van der Waals surface area contributed by atoms with Gasteiger partial charge in [-0.25, -0.2) is 8.42 Å². The number of rotatable bonds is 4. The Morgan fingerprint density at radius 1 is 0.727 bits per heavy atom. The van der Waals surface area contributed by atoms with E-state index in [0.717, 1.165) is 43.9 Å². The Morgan fingerprint density at radius 2 is 1.24 bits per heavy atom. The van der Waals surface area contributed by atoms with Gasteiger partial charge in [-0.3, -0.25) is 9.69 Å². The molecular formula is C27H32N2O3S. The maximum absolute atomic E-state index is 13.1. The highest BCUT2D eigenvalue weighted by Gasteiger charge is 2.53. The first kappa shape index (κ1) is 21.4. The Morgan fingerprint density at radius 3 is 1.79 bits per heavy atom. The highest BCUT2D eigenvalue weighted by atomic mass is 32.2. The third-order valence-electron chi connectivity index (χ3n) is 8.71. The lowest BCUT2D eigenvalue weighted by molar-refractivity contribution is -0.0987. The van der Waals surface area contributed by atoms with E-state index in [1.807, 2.05) is 4.90 Å². The largest absolute Gasteiger partial charge is 0.336 e. The molecule has 2 aromatic rings. The van der Waals surface area contributed by atoms with Crippen LogP contribution in [0.25, 0.3) is 0 Å². The van der Waals surface area contributed by atoms with Crippen LogP contribution in [0.15, 0.2) is 64.4 Å². The van der Waals surface area contributed by atoms with Gasteiger partial charge in [0.2, 0.25) is 9.84 Å². The van der Waals surface area contributed by atoms with Crippen molar-refractivity contribution in [2.45, 2.75) is 53.9 Å². The topological polar surface area (TPSA) is 57.7 Å². The van der Waals surface area contributed by atoms with Gasteiger partial charge in [-0.05, 0) is 92.7 Å². The molecule has 5 nitrogen and oxygen atoms in total. The average Bonchev–Trinajstić information content (AvgIpc) is 2.83. The summed E-state index contributed by atoms with van der Waals surface area (Å²) in [6.45, 7) is 3.42. The van der Waals surface area contributed by atoms with Gasteiger partial charge in [0.15, 0.2) is 0 Å². The molecule has 0 spiro atoms. The SMILES string of the molecule is O=C(c1ccc(S(=O)(=O)c2ccccc2)cc1)N1CCN(C23CC4CC(CC(C4)C2)C3)CC1. The zero-order valence-electron chi connectivity index (χ0n) is 19.0. The third-order valence-corrected chi connectivity index (χ3v) is 10.5. The standard InChI is InChI=1S/C27H32N2O3S/c30-26(23-6-8-25(9-7-23)33(31,32)24-4-2-1-3-5-24)28-10-12-29(13-11-28)27-17-20-14-21(18-27)16-22(15-20)19-27/h1-9,20-22H,10-19H2. The molecule has 33 heavy (non-hydrogen) atoms. The maximum atomic E-state index is 13.1. The monoisotopic (exact) mass is 464 g/mol. The molecule has 0 radical (unpaired) electrons. The summed E-state index contributed by atoms with van der Waals surface area (Å²) in [7, 11) is -3.57. The van der Waals surface area contributed by atoms with Crippen LogP contribution in [0.2, 0.25) is 0 Å². The number of sulfone groups is 1. The number of hydrogen-bond donors (Lipinski definition) is 0. The number of carbonyl (C=O) groups is 1. The van der Waals surface area contributed by atoms with Crippen LogP contribution in [-0.2, 0) is 9.84 Å². The second-order valence-corrected chi connectivity index (χ2v) is 12.7.